The van der Waals surface area contributed by atoms with Gasteiger partial charge in [-0.05, 0) is 48.2 Å². The zero-order valence-corrected chi connectivity index (χ0v) is 24.2. The van der Waals surface area contributed by atoms with Gasteiger partial charge in [0.1, 0.15) is 12.4 Å². The Morgan fingerprint density at radius 1 is 0.900 bits per heavy atom. The van der Waals surface area contributed by atoms with Crippen LogP contribution in [0.2, 0.25) is 5.02 Å². The number of carbonyl (C=O) groups is 2. The lowest BCUT2D eigenvalue weighted by molar-refractivity contribution is -0.116. The molecule has 0 aliphatic rings. The van der Waals surface area contributed by atoms with Crippen molar-refractivity contribution in [3.8, 4) is 5.69 Å². The van der Waals surface area contributed by atoms with Crippen molar-refractivity contribution in [2.24, 2.45) is 0 Å². The van der Waals surface area contributed by atoms with Gasteiger partial charge >= 0.3 is 6.03 Å². The molecule has 4 aromatic rings. The third-order valence-electron chi connectivity index (χ3n) is 6.57. The summed E-state index contributed by atoms with van der Waals surface area (Å²) < 4.78 is 1.64. The van der Waals surface area contributed by atoms with E-state index >= 15 is 0 Å². The van der Waals surface area contributed by atoms with Crippen LogP contribution >= 0.6 is 11.6 Å². The predicted octanol–water partition coefficient (Wildman–Crippen LogP) is 7.10. The van der Waals surface area contributed by atoms with E-state index in [1.54, 1.807) is 10.7 Å². The van der Waals surface area contributed by atoms with Crippen molar-refractivity contribution in [2.75, 3.05) is 23.7 Å². The largest absolute Gasteiger partial charge is 0.322 e. The molecule has 1 aromatic heterocycles. The van der Waals surface area contributed by atoms with Gasteiger partial charge in [0.15, 0.2) is 0 Å². The number of anilines is 2. The second-order valence-corrected chi connectivity index (χ2v) is 11.1. The first-order valence-electron chi connectivity index (χ1n) is 13.5. The fourth-order valence-electron chi connectivity index (χ4n) is 4.19. The molecule has 208 valence electrons. The molecular formula is C32H36ClN5O2. The van der Waals surface area contributed by atoms with Crippen LogP contribution in [0.1, 0.15) is 44.5 Å². The molecule has 0 saturated heterocycles. The van der Waals surface area contributed by atoms with Crippen molar-refractivity contribution in [3.05, 3.63) is 107 Å². The Balaban J connectivity index is 1.55. The Labute approximate surface area is 241 Å². The Bertz CT molecular complexity index is 1440. The maximum Gasteiger partial charge on any atom is 0.322 e. The molecule has 3 aromatic carbocycles. The standard InChI is InChI=1S/C32H36ClN5O2/c1-5-23-15-17-25(18-16-23)34-31(40)37(20-19-24-11-7-6-8-12-24)22-30(39)35-29-21-28(32(2,3)4)36-38(29)27-14-10-9-13-26(27)33/h6-18,21H,5,19-20,22H2,1-4H3,(H,34,40)(H,35,39). The minimum Gasteiger partial charge on any atom is -0.315 e. The van der Waals surface area contributed by atoms with Gasteiger partial charge in [0.2, 0.25) is 5.91 Å². The van der Waals surface area contributed by atoms with Crippen LogP contribution in [0.5, 0.6) is 0 Å². The number of halogens is 1. The molecular weight excluding hydrogens is 522 g/mol. The van der Waals surface area contributed by atoms with Crippen molar-refractivity contribution in [1.82, 2.24) is 14.7 Å². The summed E-state index contributed by atoms with van der Waals surface area (Å²) in [6.45, 7) is 8.49. The van der Waals surface area contributed by atoms with E-state index in [0.29, 0.717) is 35.2 Å². The number of nitrogens with zero attached hydrogens (tertiary/aromatic N) is 3. The van der Waals surface area contributed by atoms with E-state index < -0.39 is 0 Å². The van der Waals surface area contributed by atoms with Crippen molar-refractivity contribution in [3.63, 3.8) is 0 Å². The first-order chi connectivity index (χ1) is 19.1. The second kappa shape index (κ2) is 12.8. The Kier molecular flexibility index (Phi) is 9.27. The number of nitrogens with one attached hydrogen (secondary N) is 2. The second-order valence-electron chi connectivity index (χ2n) is 10.7. The number of hydrogen-bond donors (Lipinski definition) is 2. The third kappa shape index (κ3) is 7.51. The summed E-state index contributed by atoms with van der Waals surface area (Å²) in [6.07, 6.45) is 1.53. The lowest BCUT2D eigenvalue weighted by Crippen LogP contribution is -2.42. The molecule has 2 N–H and O–H groups in total. The smallest absolute Gasteiger partial charge is 0.315 e. The summed E-state index contributed by atoms with van der Waals surface area (Å²) in [7, 11) is 0. The molecule has 0 saturated carbocycles. The maximum atomic E-state index is 13.4. The molecule has 0 aliphatic carbocycles. The molecule has 0 aliphatic heterocycles. The van der Waals surface area contributed by atoms with Crippen LogP contribution in [0, 0.1) is 0 Å². The van der Waals surface area contributed by atoms with Crippen LogP contribution in [0.4, 0.5) is 16.3 Å². The molecule has 0 spiro atoms. The van der Waals surface area contributed by atoms with E-state index in [2.05, 4.69) is 38.3 Å². The summed E-state index contributed by atoms with van der Waals surface area (Å²) in [4.78, 5) is 28.3. The number of aromatic nitrogens is 2. The molecule has 0 radical (unpaired) electrons. The Morgan fingerprint density at radius 2 is 1.57 bits per heavy atom. The topological polar surface area (TPSA) is 79.3 Å². The van der Waals surface area contributed by atoms with Crippen LogP contribution in [-0.4, -0.2) is 39.7 Å². The van der Waals surface area contributed by atoms with Gasteiger partial charge in [0.25, 0.3) is 0 Å². The molecule has 4 rings (SSSR count). The summed E-state index contributed by atoms with van der Waals surface area (Å²) in [5.74, 6) is 0.153. The summed E-state index contributed by atoms with van der Waals surface area (Å²) in [5.41, 5.74) is 4.16. The van der Waals surface area contributed by atoms with E-state index in [0.717, 1.165) is 17.7 Å². The lowest BCUT2D eigenvalue weighted by Gasteiger charge is -2.23. The SMILES string of the molecule is CCc1ccc(NC(=O)N(CCc2ccccc2)CC(=O)Nc2cc(C(C)(C)C)nn2-c2ccccc2Cl)cc1. The predicted molar refractivity (Wildman–Crippen MR) is 162 cm³/mol. The van der Waals surface area contributed by atoms with Crippen LogP contribution < -0.4 is 10.6 Å². The van der Waals surface area contributed by atoms with E-state index in [1.807, 2.05) is 78.9 Å². The quantitative estimate of drug-likeness (QED) is 0.230. The molecule has 8 heteroatoms. The average molecular weight is 558 g/mol. The highest BCUT2D eigenvalue weighted by Crippen LogP contribution is 2.29. The Hall–Kier alpha value is -4.10. The third-order valence-corrected chi connectivity index (χ3v) is 6.89. The fraction of sp³-hybridized carbons (Fsp3) is 0.281. The van der Waals surface area contributed by atoms with E-state index in [1.165, 1.54) is 10.5 Å². The van der Waals surface area contributed by atoms with Gasteiger partial charge in [0.05, 0.1) is 16.4 Å². The highest BCUT2D eigenvalue weighted by atomic mass is 35.5. The molecule has 0 unspecified atom stereocenters. The molecule has 0 fully saturated rings. The van der Waals surface area contributed by atoms with Crippen molar-refractivity contribution in [2.45, 2.75) is 46.0 Å². The number of rotatable bonds is 9. The van der Waals surface area contributed by atoms with Gasteiger partial charge in [-0.15, -0.1) is 0 Å². The first-order valence-corrected chi connectivity index (χ1v) is 13.9. The van der Waals surface area contributed by atoms with Crippen LogP contribution in [0.25, 0.3) is 5.69 Å². The first kappa shape index (κ1) is 28.9. The summed E-state index contributed by atoms with van der Waals surface area (Å²) in [5, 5.41) is 11.2. The van der Waals surface area contributed by atoms with Crippen LogP contribution in [0.15, 0.2) is 84.9 Å². The number of para-hydroxylation sites is 1. The number of urea groups is 1. The maximum absolute atomic E-state index is 13.4. The summed E-state index contributed by atoms with van der Waals surface area (Å²) in [6, 6.07) is 26.5. The van der Waals surface area contributed by atoms with E-state index in [9.17, 15) is 9.59 Å². The number of aryl methyl sites for hydroxylation is 1. The minimum atomic E-state index is -0.342. The normalized spacial score (nSPS) is 11.2. The monoisotopic (exact) mass is 557 g/mol. The van der Waals surface area contributed by atoms with Crippen molar-refractivity contribution < 1.29 is 9.59 Å². The van der Waals surface area contributed by atoms with Gasteiger partial charge in [-0.3, -0.25) is 4.79 Å². The molecule has 1 heterocycles. The Morgan fingerprint density at radius 3 is 2.23 bits per heavy atom. The molecule has 7 nitrogen and oxygen atoms in total. The number of carbonyl (C=O) groups excluding carboxylic acids is 2. The van der Waals surface area contributed by atoms with Crippen molar-refractivity contribution in [1.29, 1.82) is 0 Å². The van der Waals surface area contributed by atoms with Crippen LogP contribution in [0.3, 0.4) is 0 Å². The molecule has 0 bridgehead atoms. The van der Waals surface area contributed by atoms with E-state index in [4.69, 9.17) is 16.7 Å². The van der Waals surface area contributed by atoms with Gasteiger partial charge in [-0.2, -0.15) is 5.10 Å². The lowest BCUT2D eigenvalue weighted by atomic mass is 9.92. The highest BCUT2D eigenvalue weighted by molar-refractivity contribution is 6.32. The van der Waals surface area contributed by atoms with Crippen LogP contribution in [-0.2, 0) is 23.1 Å². The van der Waals surface area contributed by atoms with E-state index in [-0.39, 0.29) is 23.9 Å². The highest BCUT2D eigenvalue weighted by Gasteiger charge is 2.24. The van der Waals surface area contributed by atoms with Gasteiger partial charge in [-0.25, -0.2) is 9.48 Å². The average Bonchev–Trinajstić information content (AvgIpc) is 3.36. The number of hydrogen-bond acceptors (Lipinski definition) is 3. The molecule has 0 atom stereocenters. The summed E-state index contributed by atoms with van der Waals surface area (Å²) >= 11 is 6.48. The number of amides is 3. The van der Waals surface area contributed by atoms with Crippen molar-refractivity contribution >= 4 is 35.0 Å². The fourth-order valence-corrected chi connectivity index (χ4v) is 4.40. The zero-order valence-electron chi connectivity index (χ0n) is 23.4. The molecule has 3 amide bonds. The number of benzene rings is 3. The van der Waals surface area contributed by atoms with Gasteiger partial charge in [0, 0.05) is 23.7 Å². The zero-order chi connectivity index (χ0) is 28.7. The molecule has 40 heavy (non-hydrogen) atoms. The minimum absolute atomic E-state index is 0.135. The van der Waals surface area contributed by atoms with Gasteiger partial charge in [-0.1, -0.05) is 93.9 Å². The van der Waals surface area contributed by atoms with Gasteiger partial charge < -0.3 is 15.5 Å².